The van der Waals surface area contributed by atoms with E-state index < -0.39 is 0 Å². The number of fused-ring (bicyclic) bond motifs is 3. The molecule has 16 heavy (non-hydrogen) atoms. The molecule has 3 heterocycles. The first-order valence-electron chi connectivity index (χ1n) is 6.05. The Kier molecular flexibility index (Phi) is 1.59. The standard InChI is InChI=1S/C14H14N2/c1-3-10-4-2-8-16-13-6-7-15-9-12(13)11(5-1)14(10)16/h1,3,5,7H,2,4,6,8-9H2. The van der Waals surface area contributed by atoms with Crippen molar-refractivity contribution in [1.29, 1.82) is 0 Å². The zero-order valence-electron chi connectivity index (χ0n) is 9.24. The Balaban J connectivity index is 2.17. The molecule has 0 amide bonds. The predicted molar refractivity (Wildman–Crippen MR) is 66.2 cm³/mol. The van der Waals surface area contributed by atoms with Gasteiger partial charge in [-0.2, -0.15) is 0 Å². The van der Waals surface area contributed by atoms with E-state index in [4.69, 9.17) is 0 Å². The minimum Gasteiger partial charge on any atom is -0.344 e. The predicted octanol–water partition coefficient (Wildman–Crippen LogP) is 2.71. The normalized spacial score (nSPS) is 17.8. The van der Waals surface area contributed by atoms with Gasteiger partial charge >= 0.3 is 0 Å². The summed E-state index contributed by atoms with van der Waals surface area (Å²) in [7, 11) is 0. The van der Waals surface area contributed by atoms with Crippen LogP contribution >= 0.6 is 0 Å². The number of aromatic nitrogens is 1. The molecule has 0 saturated carbocycles. The molecular formula is C14H14N2. The summed E-state index contributed by atoms with van der Waals surface area (Å²) in [6, 6.07) is 6.75. The molecule has 1 aromatic heterocycles. The summed E-state index contributed by atoms with van der Waals surface area (Å²) >= 11 is 0. The van der Waals surface area contributed by atoms with E-state index in [0.717, 1.165) is 13.0 Å². The average Bonchev–Trinajstić information content (AvgIpc) is 2.68. The molecule has 2 heteroatoms. The van der Waals surface area contributed by atoms with Gasteiger partial charge in [0.2, 0.25) is 0 Å². The van der Waals surface area contributed by atoms with E-state index in [1.807, 2.05) is 0 Å². The molecule has 2 aliphatic rings. The molecule has 0 spiro atoms. The van der Waals surface area contributed by atoms with E-state index in [0.29, 0.717) is 0 Å². The lowest BCUT2D eigenvalue weighted by atomic mass is 10.0. The SMILES string of the molecule is C1=NCc2c(n3c4c(cccc24)CCC3)C1. The van der Waals surface area contributed by atoms with Crippen molar-refractivity contribution in [2.45, 2.75) is 32.4 Å². The Labute approximate surface area is 94.6 Å². The van der Waals surface area contributed by atoms with Gasteiger partial charge < -0.3 is 4.57 Å². The summed E-state index contributed by atoms with van der Waals surface area (Å²) in [6.45, 7) is 2.07. The second kappa shape index (κ2) is 2.97. The molecule has 0 atom stereocenters. The highest BCUT2D eigenvalue weighted by atomic mass is 15.0. The lowest BCUT2D eigenvalue weighted by molar-refractivity contribution is 0.616. The van der Waals surface area contributed by atoms with Crippen LogP contribution in [0.2, 0.25) is 0 Å². The molecular weight excluding hydrogens is 196 g/mol. The Morgan fingerprint density at radius 2 is 2.25 bits per heavy atom. The van der Waals surface area contributed by atoms with Gasteiger partial charge in [0, 0.05) is 35.8 Å². The Morgan fingerprint density at radius 3 is 3.25 bits per heavy atom. The first-order valence-corrected chi connectivity index (χ1v) is 6.05. The van der Waals surface area contributed by atoms with Gasteiger partial charge in [-0.1, -0.05) is 18.2 Å². The molecule has 1 aromatic carbocycles. The van der Waals surface area contributed by atoms with Crippen molar-refractivity contribution in [3.8, 4) is 0 Å². The lowest BCUT2D eigenvalue weighted by Gasteiger charge is -2.18. The van der Waals surface area contributed by atoms with E-state index in [-0.39, 0.29) is 0 Å². The number of aryl methyl sites for hydroxylation is 2. The largest absolute Gasteiger partial charge is 0.344 e. The first kappa shape index (κ1) is 8.57. The van der Waals surface area contributed by atoms with Crippen molar-refractivity contribution in [2.24, 2.45) is 4.99 Å². The van der Waals surface area contributed by atoms with Crippen LogP contribution in [0, 0.1) is 0 Å². The van der Waals surface area contributed by atoms with Gasteiger partial charge in [-0.15, -0.1) is 0 Å². The van der Waals surface area contributed by atoms with Crippen LogP contribution in [0.3, 0.4) is 0 Å². The van der Waals surface area contributed by atoms with Gasteiger partial charge in [-0.3, -0.25) is 4.99 Å². The number of aliphatic imine (C=N–C) groups is 1. The van der Waals surface area contributed by atoms with Crippen LogP contribution in [-0.4, -0.2) is 10.8 Å². The van der Waals surface area contributed by atoms with Crippen LogP contribution in [0.25, 0.3) is 10.9 Å². The lowest BCUT2D eigenvalue weighted by Crippen LogP contribution is -2.12. The molecule has 0 saturated heterocycles. The van der Waals surface area contributed by atoms with Crippen LogP contribution in [0.5, 0.6) is 0 Å². The molecule has 0 N–H and O–H groups in total. The molecule has 0 unspecified atom stereocenters. The zero-order chi connectivity index (χ0) is 10.5. The third-order valence-electron chi connectivity index (χ3n) is 3.88. The number of hydrogen-bond acceptors (Lipinski definition) is 1. The molecule has 4 rings (SSSR count). The number of nitrogens with zero attached hydrogens (tertiary/aromatic N) is 2. The third kappa shape index (κ3) is 0.946. The molecule has 0 aliphatic carbocycles. The maximum Gasteiger partial charge on any atom is 0.0659 e. The Morgan fingerprint density at radius 1 is 1.25 bits per heavy atom. The Hall–Kier alpha value is -1.57. The van der Waals surface area contributed by atoms with Crippen molar-refractivity contribution < 1.29 is 0 Å². The van der Waals surface area contributed by atoms with Crippen molar-refractivity contribution in [1.82, 2.24) is 4.57 Å². The van der Waals surface area contributed by atoms with Crippen LogP contribution in [0.1, 0.15) is 23.2 Å². The van der Waals surface area contributed by atoms with Gasteiger partial charge in [0.1, 0.15) is 0 Å². The van der Waals surface area contributed by atoms with Gasteiger partial charge in [0.15, 0.2) is 0 Å². The zero-order valence-corrected chi connectivity index (χ0v) is 9.24. The van der Waals surface area contributed by atoms with Crippen molar-refractivity contribution in [3.63, 3.8) is 0 Å². The number of para-hydroxylation sites is 1. The number of rotatable bonds is 0. The maximum atomic E-state index is 4.43. The van der Waals surface area contributed by atoms with E-state index in [1.165, 1.54) is 47.1 Å². The fourth-order valence-corrected chi connectivity index (χ4v) is 3.20. The average molecular weight is 210 g/mol. The summed E-state index contributed by atoms with van der Waals surface area (Å²) in [5.74, 6) is 0. The second-order valence-corrected chi connectivity index (χ2v) is 4.72. The van der Waals surface area contributed by atoms with Crippen LogP contribution < -0.4 is 0 Å². The van der Waals surface area contributed by atoms with Crippen LogP contribution in [-0.2, 0) is 25.9 Å². The maximum absolute atomic E-state index is 4.43. The molecule has 0 radical (unpaired) electrons. The molecule has 2 aromatic rings. The van der Waals surface area contributed by atoms with E-state index in [1.54, 1.807) is 0 Å². The summed E-state index contributed by atoms with van der Waals surface area (Å²) in [5.41, 5.74) is 6.00. The minimum absolute atomic E-state index is 0.877. The molecule has 2 nitrogen and oxygen atoms in total. The highest BCUT2D eigenvalue weighted by Gasteiger charge is 2.21. The highest BCUT2D eigenvalue weighted by molar-refractivity contribution is 5.90. The van der Waals surface area contributed by atoms with Crippen molar-refractivity contribution in [2.75, 3.05) is 0 Å². The second-order valence-electron chi connectivity index (χ2n) is 4.72. The summed E-state index contributed by atoms with van der Waals surface area (Å²) < 4.78 is 2.54. The van der Waals surface area contributed by atoms with Crippen molar-refractivity contribution >= 4 is 17.1 Å². The van der Waals surface area contributed by atoms with Gasteiger partial charge in [-0.25, -0.2) is 0 Å². The quantitative estimate of drug-likeness (QED) is 0.636. The first-order chi connectivity index (χ1) is 7.95. The molecule has 0 bridgehead atoms. The number of benzene rings is 1. The topological polar surface area (TPSA) is 17.3 Å². The van der Waals surface area contributed by atoms with Crippen LogP contribution in [0.4, 0.5) is 0 Å². The fraction of sp³-hybridized carbons (Fsp3) is 0.357. The van der Waals surface area contributed by atoms with Crippen LogP contribution in [0.15, 0.2) is 23.2 Å². The van der Waals surface area contributed by atoms with E-state index in [9.17, 15) is 0 Å². The summed E-state index contributed by atoms with van der Waals surface area (Å²) in [6.07, 6.45) is 5.61. The summed E-state index contributed by atoms with van der Waals surface area (Å²) in [4.78, 5) is 4.43. The fourth-order valence-electron chi connectivity index (χ4n) is 3.20. The van der Waals surface area contributed by atoms with E-state index >= 15 is 0 Å². The van der Waals surface area contributed by atoms with Gasteiger partial charge in [-0.05, 0) is 18.4 Å². The van der Waals surface area contributed by atoms with Gasteiger partial charge in [0.05, 0.1) is 12.1 Å². The monoisotopic (exact) mass is 210 g/mol. The molecule has 0 fully saturated rings. The summed E-state index contributed by atoms with van der Waals surface area (Å²) in [5, 5.41) is 1.45. The van der Waals surface area contributed by atoms with E-state index in [2.05, 4.69) is 34.0 Å². The molecule has 80 valence electrons. The van der Waals surface area contributed by atoms with Gasteiger partial charge in [0.25, 0.3) is 0 Å². The highest BCUT2D eigenvalue weighted by Crippen LogP contribution is 2.34. The third-order valence-corrected chi connectivity index (χ3v) is 3.88. The Bertz CT molecular complexity index is 605. The number of hydrogen-bond donors (Lipinski definition) is 0. The molecule has 2 aliphatic heterocycles. The minimum atomic E-state index is 0.877. The van der Waals surface area contributed by atoms with Crippen molar-refractivity contribution in [3.05, 3.63) is 35.0 Å². The smallest absolute Gasteiger partial charge is 0.0659 e.